The number of nitrogens with zero attached hydrogens (tertiary/aromatic N) is 1. The minimum atomic E-state index is -1.25. The molecule has 0 unspecified atom stereocenters. The van der Waals surface area contributed by atoms with Crippen molar-refractivity contribution in [2.45, 2.75) is 6.54 Å². The van der Waals surface area contributed by atoms with Crippen LogP contribution in [0.4, 0.5) is 0 Å². The highest BCUT2D eigenvalue weighted by Gasteiger charge is 2.08. The molecule has 0 bridgehead atoms. The number of fused-ring (bicyclic) bond motifs is 1. The van der Waals surface area contributed by atoms with Crippen LogP contribution >= 0.6 is 15.9 Å². The lowest BCUT2D eigenvalue weighted by molar-refractivity contribution is -0.745. The fourth-order valence-corrected chi connectivity index (χ4v) is 1.80. The summed E-state index contributed by atoms with van der Waals surface area (Å²) in [5.74, 6) is -1.25. The third-order valence-electron chi connectivity index (χ3n) is 2.08. The van der Waals surface area contributed by atoms with Crippen LogP contribution in [-0.2, 0) is 11.3 Å². The van der Waals surface area contributed by atoms with Crippen LogP contribution in [-0.4, -0.2) is 11.1 Å². The topological polar surface area (TPSA) is 76.9 Å². The molecule has 6 heteroatoms. The predicted molar refractivity (Wildman–Crippen MR) is 57.5 cm³/mol. The SMILES string of the molecule is O=C([O-])C[n+]1cc(=O)c2cc(Br)ccc2[nH]1. The summed E-state index contributed by atoms with van der Waals surface area (Å²) >= 11 is 3.26. The number of benzene rings is 1. The van der Waals surface area contributed by atoms with Crippen LogP contribution in [0.1, 0.15) is 0 Å². The van der Waals surface area contributed by atoms with Crippen LogP contribution in [0.3, 0.4) is 0 Å². The number of H-pyrrole nitrogens is 1. The maximum absolute atomic E-state index is 11.7. The van der Waals surface area contributed by atoms with Gasteiger partial charge >= 0.3 is 0 Å². The summed E-state index contributed by atoms with van der Waals surface area (Å²) in [5.41, 5.74) is 0.341. The minimum absolute atomic E-state index is 0.240. The van der Waals surface area contributed by atoms with Gasteiger partial charge in [-0.3, -0.25) is 4.79 Å². The number of rotatable bonds is 2. The van der Waals surface area contributed by atoms with E-state index in [1.54, 1.807) is 18.2 Å². The van der Waals surface area contributed by atoms with E-state index in [0.717, 1.165) is 4.47 Å². The molecule has 2 aromatic rings. The highest BCUT2D eigenvalue weighted by molar-refractivity contribution is 9.10. The monoisotopic (exact) mass is 282 g/mol. The van der Waals surface area contributed by atoms with E-state index < -0.39 is 5.97 Å². The molecule has 82 valence electrons. The number of carbonyl (C=O) groups excluding carboxylic acids is 1. The van der Waals surface area contributed by atoms with E-state index in [0.29, 0.717) is 10.9 Å². The van der Waals surface area contributed by atoms with Crippen LogP contribution in [0.25, 0.3) is 10.9 Å². The normalized spacial score (nSPS) is 10.6. The van der Waals surface area contributed by atoms with E-state index in [2.05, 4.69) is 21.0 Å². The van der Waals surface area contributed by atoms with Gasteiger partial charge in [0.05, 0.1) is 5.39 Å². The molecule has 1 aromatic carbocycles. The highest BCUT2D eigenvalue weighted by atomic mass is 79.9. The first-order chi connectivity index (χ1) is 7.56. The van der Waals surface area contributed by atoms with Gasteiger partial charge in [0, 0.05) is 4.47 Å². The van der Waals surface area contributed by atoms with Crippen molar-refractivity contribution in [3.63, 3.8) is 0 Å². The highest BCUT2D eigenvalue weighted by Crippen LogP contribution is 2.13. The molecule has 0 atom stereocenters. The van der Waals surface area contributed by atoms with E-state index in [9.17, 15) is 14.7 Å². The second-order valence-corrected chi connectivity index (χ2v) is 4.21. The molecule has 1 aromatic heterocycles. The summed E-state index contributed by atoms with van der Waals surface area (Å²) < 4.78 is 1.98. The Bertz CT molecular complexity index is 621. The van der Waals surface area contributed by atoms with Crippen molar-refractivity contribution in [3.8, 4) is 0 Å². The molecule has 0 radical (unpaired) electrons. The average Bonchev–Trinajstić information content (AvgIpc) is 2.18. The molecule has 0 aliphatic rings. The Morgan fingerprint density at radius 3 is 2.94 bits per heavy atom. The molecule has 0 saturated heterocycles. The second-order valence-electron chi connectivity index (χ2n) is 3.29. The van der Waals surface area contributed by atoms with Gasteiger partial charge in [-0.25, -0.2) is 0 Å². The Balaban J connectivity index is 2.64. The lowest BCUT2D eigenvalue weighted by atomic mass is 10.2. The summed E-state index contributed by atoms with van der Waals surface area (Å²) in [7, 11) is 0. The number of halogens is 1. The largest absolute Gasteiger partial charge is 0.544 e. The molecule has 0 spiro atoms. The number of carboxylic acid groups (broad SMARTS) is 1. The maximum Gasteiger partial charge on any atom is 0.253 e. The van der Waals surface area contributed by atoms with Crippen molar-refractivity contribution < 1.29 is 14.6 Å². The van der Waals surface area contributed by atoms with E-state index in [-0.39, 0.29) is 12.0 Å². The standard InChI is InChI=1S/C10H7BrN2O3/c11-6-1-2-8-7(3-6)9(14)4-13(12-8)5-10(15)16/h1-4H,5H2,(H-,12,14,15,16). The van der Waals surface area contributed by atoms with Crippen LogP contribution in [0.5, 0.6) is 0 Å². The number of nitrogens with one attached hydrogen (secondary N) is 1. The number of hydrogen-bond donors (Lipinski definition) is 1. The molecule has 2 rings (SSSR count). The van der Waals surface area contributed by atoms with Crippen LogP contribution in [0.2, 0.25) is 0 Å². The molecule has 1 heterocycles. The van der Waals surface area contributed by atoms with Crippen LogP contribution in [0.15, 0.2) is 33.7 Å². The van der Waals surface area contributed by atoms with E-state index >= 15 is 0 Å². The third kappa shape index (κ3) is 2.11. The van der Waals surface area contributed by atoms with Crippen molar-refractivity contribution >= 4 is 32.8 Å². The van der Waals surface area contributed by atoms with Gasteiger partial charge < -0.3 is 9.90 Å². The number of aliphatic carboxylic acids is 1. The fourth-order valence-electron chi connectivity index (χ4n) is 1.44. The summed E-state index contributed by atoms with van der Waals surface area (Å²) in [5, 5.41) is 13.7. The molecule has 1 N–H and O–H groups in total. The number of hydrogen-bond acceptors (Lipinski definition) is 3. The number of carbonyl (C=O) groups is 1. The molecule has 0 fully saturated rings. The molecule has 16 heavy (non-hydrogen) atoms. The lowest BCUT2D eigenvalue weighted by Crippen LogP contribution is -2.48. The van der Waals surface area contributed by atoms with Crippen molar-refractivity contribution in [1.29, 1.82) is 0 Å². The summed E-state index contributed by atoms with van der Waals surface area (Å²) in [4.78, 5) is 22.1. The average molecular weight is 283 g/mol. The molecule has 0 aliphatic carbocycles. The van der Waals surface area contributed by atoms with E-state index in [1.807, 2.05) is 0 Å². The Kier molecular flexibility index (Phi) is 2.74. The van der Waals surface area contributed by atoms with Gasteiger partial charge in [0.2, 0.25) is 12.7 Å². The smallest absolute Gasteiger partial charge is 0.253 e. The first-order valence-electron chi connectivity index (χ1n) is 4.48. The van der Waals surface area contributed by atoms with Gasteiger partial charge in [0.25, 0.3) is 5.43 Å². The van der Waals surface area contributed by atoms with E-state index in [4.69, 9.17) is 0 Å². The summed E-state index contributed by atoms with van der Waals surface area (Å²) in [6.07, 6.45) is 1.20. The molecule has 0 saturated carbocycles. The minimum Gasteiger partial charge on any atom is -0.544 e. The Morgan fingerprint density at radius 2 is 2.25 bits per heavy atom. The number of aromatic nitrogens is 2. The van der Waals surface area contributed by atoms with Gasteiger partial charge in [-0.1, -0.05) is 15.9 Å². The quantitative estimate of drug-likeness (QED) is 0.742. The molecular weight excluding hydrogens is 276 g/mol. The lowest BCUT2D eigenvalue weighted by Gasteiger charge is -2.00. The Morgan fingerprint density at radius 1 is 1.50 bits per heavy atom. The van der Waals surface area contributed by atoms with Crippen LogP contribution in [0, 0.1) is 0 Å². The Labute approximate surface area is 98.4 Å². The fraction of sp³-hybridized carbons (Fsp3) is 0.100. The van der Waals surface area contributed by atoms with Crippen molar-refractivity contribution in [1.82, 2.24) is 5.10 Å². The van der Waals surface area contributed by atoms with Gasteiger partial charge in [-0.15, -0.1) is 4.68 Å². The first-order valence-corrected chi connectivity index (χ1v) is 5.27. The molecular formula is C10H7BrN2O3. The van der Waals surface area contributed by atoms with Gasteiger partial charge in [-0.2, -0.15) is 5.10 Å². The third-order valence-corrected chi connectivity index (χ3v) is 2.58. The summed E-state index contributed by atoms with van der Waals surface area (Å²) in [6.45, 7) is -0.374. The van der Waals surface area contributed by atoms with Crippen LogP contribution < -0.4 is 15.2 Å². The number of carboxylic acids is 1. The molecule has 5 nitrogen and oxygen atoms in total. The second kappa shape index (κ2) is 4.05. The zero-order valence-corrected chi connectivity index (χ0v) is 9.65. The van der Waals surface area contributed by atoms with Crippen molar-refractivity contribution in [2.24, 2.45) is 0 Å². The number of aromatic amines is 1. The van der Waals surface area contributed by atoms with Gasteiger partial charge in [0.1, 0.15) is 11.5 Å². The predicted octanol–water partition coefficient (Wildman–Crippen LogP) is -0.672. The molecule has 0 aliphatic heterocycles. The first kappa shape index (κ1) is 10.8. The van der Waals surface area contributed by atoms with Crippen molar-refractivity contribution in [3.05, 3.63) is 39.1 Å². The van der Waals surface area contributed by atoms with E-state index in [1.165, 1.54) is 10.9 Å². The van der Waals surface area contributed by atoms with Crippen molar-refractivity contribution in [2.75, 3.05) is 0 Å². The van der Waals surface area contributed by atoms with Gasteiger partial charge in [-0.05, 0) is 18.2 Å². The zero-order chi connectivity index (χ0) is 11.7. The van der Waals surface area contributed by atoms with Gasteiger partial charge in [0.15, 0.2) is 0 Å². The summed E-state index contributed by atoms with van der Waals surface area (Å²) in [6, 6.07) is 5.14. The Hall–Kier alpha value is -1.69. The molecule has 0 amide bonds. The maximum atomic E-state index is 11.7. The zero-order valence-electron chi connectivity index (χ0n) is 8.07.